The molecular weight excluding hydrogens is 228 g/mol. The fraction of sp³-hybridized carbons (Fsp3) is 0.462. The van der Waals surface area contributed by atoms with Crippen molar-refractivity contribution in [1.82, 2.24) is 9.80 Å². The predicted octanol–water partition coefficient (Wildman–Crippen LogP) is 1.07. The van der Waals surface area contributed by atoms with E-state index in [0.717, 1.165) is 25.3 Å². The van der Waals surface area contributed by atoms with Crippen LogP contribution in [0, 0.1) is 0 Å². The summed E-state index contributed by atoms with van der Waals surface area (Å²) in [6.07, 6.45) is 0. The Kier molecular flexibility index (Phi) is 3.72. The van der Waals surface area contributed by atoms with E-state index in [2.05, 4.69) is 4.90 Å². The van der Waals surface area contributed by atoms with E-state index >= 15 is 0 Å². The number of carbonyl (C=O) groups excluding carboxylic acids is 1. The second kappa shape index (κ2) is 5.27. The number of anilines is 2. The standard InChI is InChI=1S/C13H20N4O/c1-15(2)7-8-16-9-10-17(13(16)18)12-6-4-3-5-11(12)14/h3-6H,7-10,14H2,1-2H3. The molecular formula is C13H20N4O. The number of amides is 2. The normalized spacial score (nSPS) is 15.8. The maximum atomic E-state index is 12.2. The van der Waals surface area contributed by atoms with Gasteiger partial charge in [0.15, 0.2) is 0 Å². The molecule has 5 heteroatoms. The first-order chi connectivity index (χ1) is 8.59. The van der Waals surface area contributed by atoms with Gasteiger partial charge in [0.25, 0.3) is 0 Å². The van der Waals surface area contributed by atoms with Gasteiger partial charge in [0, 0.05) is 26.2 Å². The van der Waals surface area contributed by atoms with Gasteiger partial charge in [0.05, 0.1) is 11.4 Å². The van der Waals surface area contributed by atoms with Gasteiger partial charge in [0.1, 0.15) is 0 Å². The van der Waals surface area contributed by atoms with Crippen LogP contribution >= 0.6 is 0 Å². The number of urea groups is 1. The number of benzene rings is 1. The Balaban J connectivity index is 2.05. The minimum absolute atomic E-state index is 0.0507. The van der Waals surface area contributed by atoms with Crippen LogP contribution in [0.3, 0.4) is 0 Å². The third kappa shape index (κ3) is 2.56. The molecule has 1 aliphatic heterocycles. The van der Waals surface area contributed by atoms with Gasteiger partial charge in [-0.25, -0.2) is 4.79 Å². The lowest BCUT2D eigenvalue weighted by molar-refractivity contribution is 0.215. The lowest BCUT2D eigenvalue weighted by Gasteiger charge is -2.21. The molecule has 2 rings (SSSR count). The monoisotopic (exact) mass is 248 g/mol. The highest BCUT2D eigenvalue weighted by Crippen LogP contribution is 2.25. The predicted molar refractivity (Wildman–Crippen MR) is 73.7 cm³/mol. The molecule has 0 bridgehead atoms. The third-order valence-corrected chi connectivity index (χ3v) is 3.14. The van der Waals surface area contributed by atoms with E-state index in [-0.39, 0.29) is 6.03 Å². The first-order valence-electron chi connectivity index (χ1n) is 6.15. The lowest BCUT2D eigenvalue weighted by Crippen LogP contribution is -2.36. The Labute approximate surface area is 108 Å². The summed E-state index contributed by atoms with van der Waals surface area (Å²) in [5.74, 6) is 0. The average Bonchev–Trinajstić information content (AvgIpc) is 2.69. The number of para-hydroxylation sites is 2. The van der Waals surface area contributed by atoms with E-state index in [1.54, 1.807) is 4.90 Å². The van der Waals surface area contributed by atoms with E-state index in [0.29, 0.717) is 12.2 Å². The number of nitrogens with zero attached hydrogens (tertiary/aromatic N) is 3. The van der Waals surface area contributed by atoms with Crippen LogP contribution in [0.1, 0.15) is 0 Å². The third-order valence-electron chi connectivity index (χ3n) is 3.14. The molecule has 2 amide bonds. The van der Waals surface area contributed by atoms with Crippen molar-refractivity contribution in [2.24, 2.45) is 0 Å². The molecule has 0 spiro atoms. The van der Waals surface area contributed by atoms with E-state index in [9.17, 15) is 4.79 Å². The quantitative estimate of drug-likeness (QED) is 0.811. The van der Waals surface area contributed by atoms with Crippen LogP contribution in [-0.4, -0.2) is 56.1 Å². The van der Waals surface area contributed by atoms with E-state index in [1.165, 1.54) is 0 Å². The van der Waals surface area contributed by atoms with Gasteiger partial charge in [-0.3, -0.25) is 4.90 Å². The summed E-state index contributed by atoms with van der Waals surface area (Å²) in [5, 5.41) is 0. The molecule has 98 valence electrons. The van der Waals surface area contributed by atoms with Crippen molar-refractivity contribution in [3.05, 3.63) is 24.3 Å². The van der Waals surface area contributed by atoms with Crippen molar-refractivity contribution in [2.75, 3.05) is 50.9 Å². The summed E-state index contributed by atoms with van der Waals surface area (Å²) >= 11 is 0. The number of nitrogens with two attached hydrogens (primary N) is 1. The lowest BCUT2D eigenvalue weighted by atomic mass is 10.2. The van der Waals surface area contributed by atoms with Gasteiger partial charge in [-0.1, -0.05) is 12.1 Å². The molecule has 0 aromatic heterocycles. The minimum Gasteiger partial charge on any atom is -0.397 e. The van der Waals surface area contributed by atoms with Crippen molar-refractivity contribution in [3.63, 3.8) is 0 Å². The zero-order valence-electron chi connectivity index (χ0n) is 11.0. The van der Waals surface area contributed by atoms with Gasteiger partial charge in [-0.2, -0.15) is 0 Å². The molecule has 0 unspecified atom stereocenters. The second-order valence-electron chi connectivity index (χ2n) is 4.78. The van der Waals surface area contributed by atoms with E-state index in [1.807, 2.05) is 43.3 Å². The highest BCUT2D eigenvalue weighted by Gasteiger charge is 2.29. The second-order valence-corrected chi connectivity index (χ2v) is 4.78. The van der Waals surface area contributed by atoms with Crippen LogP contribution in [0.4, 0.5) is 16.2 Å². The molecule has 0 radical (unpaired) electrons. The van der Waals surface area contributed by atoms with E-state index < -0.39 is 0 Å². The van der Waals surface area contributed by atoms with Crippen molar-refractivity contribution in [2.45, 2.75) is 0 Å². The number of nitrogen functional groups attached to an aromatic ring is 1. The SMILES string of the molecule is CN(C)CCN1CCN(c2ccccc2N)C1=O. The van der Waals surface area contributed by atoms with Crippen LogP contribution in [0.25, 0.3) is 0 Å². The maximum absolute atomic E-state index is 12.2. The smallest absolute Gasteiger partial charge is 0.324 e. The molecule has 1 aromatic rings. The Bertz CT molecular complexity index is 433. The Morgan fingerprint density at radius 2 is 2.00 bits per heavy atom. The highest BCUT2D eigenvalue weighted by atomic mass is 16.2. The van der Waals surface area contributed by atoms with Crippen LogP contribution in [0.2, 0.25) is 0 Å². The zero-order valence-corrected chi connectivity index (χ0v) is 11.0. The summed E-state index contributed by atoms with van der Waals surface area (Å²) in [4.78, 5) is 17.9. The van der Waals surface area contributed by atoms with Crippen LogP contribution < -0.4 is 10.6 Å². The first-order valence-corrected chi connectivity index (χ1v) is 6.15. The van der Waals surface area contributed by atoms with Crippen LogP contribution in [0.15, 0.2) is 24.3 Å². The van der Waals surface area contributed by atoms with Crippen molar-refractivity contribution in [3.8, 4) is 0 Å². The Morgan fingerprint density at radius 1 is 1.28 bits per heavy atom. The molecule has 1 saturated heterocycles. The molecule has 1 aromatic carbocycles. The Morgan fingerprint density at radius 3 is 2.67 bits per heavy atom. The number of carbonyl (C=O) groups is 1. The largest absolute Gasteiger partial charge is 0.397 e. The number of hydrogen-bond acceptors (Lipinski definition) is 3. The fourth-order valence-electron chi connectivity index (χ4n) is 2.07. The maximum Gasteiger partial charge on any atom is 0.324 e. The van der Waals surface area contributed by atoms with Gasteiger partial charge >= 0.3 is 6.03 Å². The summed E-state index contributed by atoms with van der Waals surface area (Å²) in [7, 11) is 4.01. The minimum atomic E-state index is 0.0507. The number of likely N-dealkylation sites (N-methyl/N-ethyl adjacent to an activating group) is 1. The van der Waals surface area contributed by atoms with Crippen molar-refractivity contribution < 1.29 is 4.79 Å². The fourth-order valence-corrected chi connectivity index (χ4v) is 2.07. The van der Waals surface area contributed by atoms with Gasteiger partial charge in [0.2, 0.25) is 0 Å². The average molecular weight is 248 g/mol. The highest BCUT2D eigenvalue weighted by molar-refractivity contribution is 5.97. The van der Waals surface area contributed by atoms with Gasteiger partial charge < -0.3 is 15.5 Å². The first kappa shape index (κ1) is 12.7. The molecule has 0 aliphatic carbocycles. The topological polar surface area (TPSA) is 52.8 Å². The summed E-state index contributed by atoms with van der Waals surface area (Å²) in [6, 6.07) is 7.55. The van der Waals surface area contributed by atoms with Gasteiger partial charge in [-0.05, 0) is 26.2 Å². The molecule has 1 aliphatic rings. The zero-order chi connectivity index (χ0) is 13.1. The van der Waals surface area contributed by atoms with Crippen LogP contribution in [-0.2, 0) is 0 Å². The molecule has 18 heavy (non-hydrogen) atoms. The summed E-state index contributed by atoms with van der Waals surface area (Å²) < 4.78 is 0. The van der Waals surface area contributed by atoms with Gasteiger partial charge in [-0.15, -0.1) is 0 Å². The van der Waals surface area contributed by atoms with Crippen molar-refractivity contribution >= 4 is 17.4 Å². The molecule has 0 saturated carbocycles. The molecule has 1 fully saturated rings. The van der Waals surface area contributed by atoms with Crippen LogP contribution in [0.5, 0.6) is 0 Å². The summed E-state index contributed by atoms with van der Waals surface area (Å²) in [5.41, 5.74) is 7.38. The van der Waals surface area contributed by atoms with E-state index in [4.69, 9.17) is 5.73 Å². The molecule has 2 N–H and O–H groups in total. The Hall–Kier alpha value is -1.75. The molecule has 0 atom stereocenters. The number of rotatable bonds is 4. The van der Waals surface area contributed by atoms with Crippen molar-refractivity contribution in [1.29, 1.82) is 0 Å². The molecule has 5 nitrogen and oxygen atoms in total. The number of hydrogen-bond donors (Lipinski definition) is 1. The summed E-state index contributed by atoms with van der Waals surface area (Å²) in [6.45, 7) is 3.11. The molecule has 1 heterocycles.